The summed E-state index contributed by atoms with van der Waals surface area (Å²) in [5.74, 6) is 0. The molecule has 0 spiro atoms. The third-order valence-electron chi connectivity index (χ3n) is 5.06. The van der Waals surface area contributed by atoms with Crippen molar-refractivity contribution in [3.63, 3.8) is 0 Å². The number of carbonyl (C=O) groups excluding carboxylic acids is 1. The first-order chi connectivity index (χ1) is 13.6. The Bertz CT molecular complexity index is 1130. The van der Waals surface area contributed by atoms with Gasteiger partial charge in [0.25, 0.3) is 0 Å². The van der Waals surface area contributed by atoms with Crippen LogP contribution < -0.4 is 10.6 Å². The van der Waals surface area contributed by atoms with Gasteiger partial charge in [-0.15, -0.1) is 0 Å². The van der Waals surface area contributed by atoms with E-state index < -0.39 is 6.10 Å². The molecule has 0 aliphatic carbocycles. The van der Waals surface area contributed by atoms with Crippen LogP contribution in [0, 0.1) is 0 Å². The minimum absolute atomic E-state index is 0.148. The van der Waals surface area contributed by atoms with E-state index in [0.717, 1.165) is 32.8 Å². The number of amides is 2. The number of nitrogens with one attached hydrogen (secondary N) is 2. The zero-order chi connectivity index (χ0) is 19.5. The van der Waals surface area contributed by atoms with E-state index in [-0.39, 0.29) is 12.6 Å². The number of aliphatic hydroxyl groups excluding tert-OH is 1. The van der Waals surface area contributed by atoms with E-state index in [1.54, 1.807) is 0 Å². The second-order valence-electron chi connectivity index (χ2n) is 6.93. The van der Waals surface area contributed by atoms with E-state index >= 15 is 0 Å². The topological polar surface area (TPSA) is 66.3 Å². The highest BCUT2D eigenvalue weighted by molar-refractivity contribution is 5.86. The van der Waals surface area contributed by atoms with Gasteiger partial charge in [-0.3, -0.25) is 0 Å². The number of hydrogen-bond donors (Lipinski definition) is 3. The molecule has 0 radical (unpaired) electrons. The van der Waals surface area contributed by atoms with Crippen molar-refractivity contribution in [2.45, 2.75) is 12.6 Å². The molecule has 0 aliphatic heterocycles. The summed E-state index contributed by atoms with van der Waals surface area (Å²) >= 11 is 0. The lowest BCUT2D eigenvalue weighted by Crippen LogP contribution is -2.37. The van der Waals surface area contributed by atoms with Crippen LogP contribution in [0.5, 0.6) is 0 Å². The maximum atomic E-state index is 12.2. The van der Waals surface area contributed by atoms with Crippen LogP contribution in [0.1, 0.15) is 17.2 Å². The molecular weight excluding hydrogens is 350 g/mol. The van der Waals surface area contributed by atoms with Crippen molar-refractivity contribution < 1.29 is 9.90 Å². The average Bonchev–Trinajstić information content (AvgIpc) is 3.07. The normalized spacial score (nSPS) is 12.2. The third-order valence-corrected chi connectivity index (χ3v) is 5.06. The van der Waals surface area contributed by atoms with Crippen LogP contribution in [0.25, 0.3) is 21.7 Å². The first kappa shape index (κ1) is 18.1. The van der Waals surface area contributed by atoms with Crippen molar-refractivity contribution >= 4 is 27.7 Å². The smallest absolute Gasteiger partial charge is 0.315 e. The molecule has 0 saturated heterocycles. The Morgan fingerprint density at radius 1 is 0.964 bits per heavy atom. The maximum Gasteiger partial charge on any atom is 0.315 e. The molecule has 3 N–H and O–H groups in total. The van der Waals surface area contributed by atoms with Gasteiger partial charge in [0, 0.05) is 42.8 Å². The van der Waals surface area contributed by atoms with Crippen LogP contribution in [0.2, 0.25) is 0 Å². The number of aryl methyl sites for hydroxylation is 1. The molecule has 1 heterocycles. The highest BCUT2D eigenvalue weighted by atomic mass is 16.3. The van der Waals surface area contributed by atoms with Gasteiger partial charge < -0.3 is 20.3 Å². The van der Waals surface area contributed by atoms with Crippen LogP contribution in [0.15, 0.2) is 72.9 Å². The Morgan fingerprint density at radius 2 is 1.68 bits per heavy atom. The van der Waals surface area contributed by atoms with E-state index in [2.05, 4.69) is 28.8 Å². The van der Waals surface area contributed by atoms with Gasteiger partial charge in [0.05, 0.1) is 6.10 Å². The van der Waals surface area contributed by atoms with Crippen LogP contribution >= 0.6 is 0 Å². The molecule has 1 unspecified atom stereocenters. The molecule has 4 aromatic rings. The van der Waals surface area contributed by atoms with Gasteiger partial charge in [-0.1, -0.05) is 60.7 Å². The number of carbonyl (C=O) groups is 1. The summed E-state index contributed by atoms with van der Waals surface area (Å²) in [7, 11) is 1.95. The lowest BCUT2D eigenvalue weighted by molar-refractivity contribution is 0.174. The van der Waals surface area contributed by atoms with Gasteiger partial charge in [0.2, 0.25) is 0 Å². The van der Waals surface area contributed by atoms with Gasteiger partial charge in [-0.25, -0.2) is 4.79 Å². The minimum atomic E-state index is -0.769. The van der Waals surface area contributed by atoms with Gasteiger partial charge in [-0.05, 0) is 22.4 Å². The summed E-state index contributed by atoms with van der Waals surface area (Å²) in [6, 6.07) is 21.8. The number of urea groups is 1. The number of aromatic nitrogens is 1. The molecular formula is C23H23N3O2. The third kappa shape index (κ3) is 3.57. The highest BCUT2D eigenvalue weighted by Gasteiger charge is 2.15. The molecule has 0 aliphatic rings. The molecule has 142 valence electrons. The molecule has 5 nitrogen and oxygen atoms in total. The Balaban J connectivity index is 1.37. The van der Waals surface area contributed by atoms with Crippen LogP contribution in [0.4, 0.5) is 4.79 Å². The van der Waals surface area contributed by atoms with Crippen LogP contribution in [0.3, 0.4) is 0 Å². The number of para-hydroxylation sites is 1. The van der Waals surface area contributed by atoms with Crippen molar-refractivity contribution in [1.29, 1.82) is 0 Å². The number of benzene rings is 3. The first-order valence-electron chi connectivity index (χ1n) is 9.34. The second kappa shape index (κ2) is 7.74. The molecule has 0 bridgehead atoms. The number of nitrogens with zero attached hydrogens (tertiary/aromatic N) is 1. The molecule has 2 amide bonds. The summed E-state index contributed by atoms with van der Waals surface area (Å²) in [4.78, 5) is 12.2. The quantitative estimate of drug-likeness (QED) is 0.497. The maximum absolute atomic E-state index is 12.2. The fourth-order valence-corrected chi connectivity index (χ4v) is 3.62. The van der Waals surface area contributed by atoms with Gasteiger partial charge in [0.15, 0.2) is 0 Å². The zero-order valence-electron chi connectivity index (χ0n) is 15.7. The van der Waals surface area contributed by atoms with Gasteiger partial charge in [0.1, 0.15) is 0 Å². The zero-order valence-corrected chi connectivity index (χ0v) is 15.7. The van der Waals surface area contributed by atoms with Crippen molar-refractivity contribution in [3.8, 4) is 0 Å². The summed E-state index contributed by atoms with van der Waals surface area (Å²) in [6.45, 7) is 0.576. The van der Waals surface area contributed by atoms with Gasteiger partial charge >= 0.3 is 6.03 Å². The number of fused-ring (bicyclic) bond motifs is 2. The fraction of sp³-hybridized carbons (Fsp3) is 0.174. The lowest BCUT2D eigenvalue weighted by Gasteiger charge is -2.13. The average molecular weight is 373 g/mol. The van der Waals surface area contributed by atoms with E-state index in [1.165, 1.54) is 0 Å². The Kier molecular flexibility index (Phi) is 5.00. The molecule has 3 aromatic carbocycles. The molecule has 5 heteroatoms. The summed E-state index contributed by atoms with van der Waals surface area (Å²) in [6.07, 6.45) is 1.14. The number of rotatable bonds is 5. The van der Waals surface area contributed by atoms with E-state index in [4.69, 9.17) is 0 Å². The van der Waals surface area contributed by atoms with E-state index in [9.17, 15) is 9.90 Å². The van der Waals surface area contributed by atoms with E-state index in [0.29, 0.717) is 6.54 Å². The van der Waals surface area contributed by atoms with Crippen LogP contribution in [-0.4, -0.2) is 22.2 Å². The Morgan fingerprint density at radius 3 is 2.54 bits per heavy atom. The van der Waals surface area contributed by atoms with E-state index in [1.807, 2.05) is 66.3 Å². The van der Waals surface area contributed by atoms with Crippen molar-refractivity contribution in [3.05, 3.63) is 84.1 Å². The Labute approximate surface area is 163 Å². The number of aliphatic hydroxyl groups is 1. The molecule has 0 fully saturated rings. The summed E-state index contributed by atoms with van der Waals surface area (Å²) in [5.41, 5.74) is 2.92. The standard InChI is InChI=1S/C23H23N3O2/c1-26-15-20(19-11-4-5-12-21(19)26)22(27)14-25-23(28)24-13-17-9-6-8-16-7-2-3-10-18(16)17/h2-12,15,22,27H,13-14H2,1H3,(H2,24,25,28). The summed E-state index contributed by atoms with van der Waals surface area (Å²) < 4.78 is 1.98. The Hall–Kier alpha value is -3.31. The highest BCUT2D eigenvalue weighted by Crippen LogP contribution is 2.25. The molecule has 1 aromatic heterocycles. The predicted octanol–water partition coefficient (Wildman–Crippen LogP) is 3.86. The second-order valence-corrected chi connectivity index (χ2v) is 6.93. The largest absolute Gasteiger partial charge is 0.386 e. The molecule has 4 rings (SSSR count). The van der Waals surface area contributed by atoms with Gasteiger partial charge in [-0.2, -0.15) is 0 Å². The molecule has 1 atom stereocenters. The van der Waals surface area contributed by atoms with Crippen LogP contribution in [-0.2, 0) is 13.6 Å². The summed E-state index contributed by atoms with van der Waals surface area (Å²) in [5, 5.41) is 19.5. The predicted molar refractivity (Wildman–Crippen MR) is 112 cm³/mol. The monoisotopic (exact) mass is 373 g/mol. The minimum Gasteiger partial charge on any atom is -0.386 e. The van der Waals surface area contributed by atoms with Crippen molar-refractivity contribution in [2.24, 2.45) is 7.05 Å². The lowest BCUT2D eigenvalue weighted by atomic mass is 10.0. The molecule has 0 saturated carbocycles. The SMILES string of the molecule is Cn1cc(C(O)CNC(=O)NCc2cccc3ccccc23)c2ccccc21. The fourth-order valence-electron chi connectivity index (χ4n) is 3.62. The van der Waals surface area contributed by atoms with Crippen molar-refractivity contribution in [1.82, 2.24) is 15.2 Å². The van der Waals surface area contributed by atoms with Crippen molar-refractivity contribution in [2.75, 3.05) is 6.54 Å². The first-order valence-corrected chi connectivity index (χ1v) is 9.34. The molecule has 28 heavy (non-hydrogen) atoms. The number of hydrogen-bond acceptors (Lipinski definition) is 2.